The number of benzene rings is 1. The number of nitrogens with one attached hydrogen (secondary N) is 1. The van der Waals surface area contributed by atoms with E-state index in [-0.39, 0.29) is 23.6 Å². The summed E-state index contributed by atoms with van der Waals surface area (Å²) in [5.74, 6) is 0.390. The Morgan fingerprint density at radius 3 is 2.37 bits per heavy atom. The number of amides is 2. The lowest BCUT2D eigenvalue weighted by Gasteiger charge is -2.36. The van der Waals surface area contributed by atoms with Crippen LogP contribution in [-0.4, -0.2) is 125 Å². The highest BCUT2D eigenvalue weighted by Crippen LogP contribution is 2.29. The van der Waals surface area contributed by atoms with Gasteiger partial charge in [0.15, 0.2) is 5.82 Å². The van der Waals surface area contributed by atoms with Gasteiger partial charge in [-0.15, -0.1) is 0 Å². The van der Waals surface area contributed by atoms with Crippen molar-refractivity contribution >= 4 is 34.6 Å². The molecular weight excluding hydrogens is 536 g/mol. The topological polar surface area (TPSA) is 112 Å². The number of hydrogen-bond acceptors (Lipinski definition) is 9. The second-order valence-corrected chi connectivity index (χ2v) is 10.4. The highest BCUT2D eigenvalue weighted by molar-refractivity contribution is 5.84. The average molecular weight is 572 g/mol. The number of hydrogen-bond donors (Lipinski definition) is 1. The molecule has 14 heteroatoms. The van der Waals surface area contributed by atoms with Crippen molar-refractivity contribution in [2.75, 3.05) is 83.3 Å². The number of nitrogens with zero attached hydrogens (tertiary/aromatic N) is 8. The van der Waals surface area contributed by atoms with E-state index in [1.807, 2.05) is 9.80 Å². The second kappa shape index (κ2) is 12.3. The lowest BCUT2D eigenvalue weighted by Crippen LogP contribution is -2.53. The van der Waals surface area contributed by atoms with Crippen molar-refractivity contribution in [3.05, 3.63) is 36.2 Å². The fourth-order valence-corrected chi connectivity index (χ4v) is 4.98. The molecule has 2 saturated heterocycles. The van der Waals surface area contributed by atoms with Crippen LogP contribution in [0, 0.1) is 0 Å². The lowest BCUT2D eigenvalue weighted by molar-refractivity contribution is -0.134. The van der Waals surface area contributed by atoms with Crippen molar-refractivity contribution in [2.45, 2.75) is 19.4 Å². The van der Waals surface area contributed by atoms with Crippen LogP contribution < -0.4 is 10.2 Å². The van der Waals surface area contributed by atoms with Gasteiger partial charge >= 0.3 is 0 Å². The van der Waals surface area contributed by atoms with Crippen molar-refractivity contribution < 1.29 is 23.1 Å². The summed E-state index contributed by atoms with van der Waals surface area (Å²) >= 11 is 0. The Balaban J connectivity index is 1.39. The maximum atomic E-state index is 14.1. The number of carbonyl (C=O) groups is 2. The van der Waals surface area contributed by atoms with E-state index in [0.29, 0.717) is 75.9 Å². The molecule has 2 aliphatic rings. The van der Waals surface area contributed by atoms with E-state index < -0.39 is 18.3 Å². The van der Waals surface area contributed by atoms with Crippen LogP contribution in [0.3, 0.4) is 0 Å². The van der Waals surface area contributed by atoms with Crippen LogP contribution in [-0.2, 0) is 14.3 Å². The molecule has 41 heavy (non-hydrogen) atoms. The third-order valence-corrected chi connectivity index (χ3v) is 7.30. The summed E-state index contributed by atoms with van der Waals surface area (Å²) in [4.78, 5) is 46.1. The van der Waals surface area contributed by atoms with E-state index in [1.54, 1.807) is 61.2 Å². The number of likely N-dealkylation sites (N-methyl/N-ethyl adjacent to an activating group) is 1. The predicted octanol–water partition coefficient (Wildman–Crippen LogP) is 1.62. The van der Waals surface area contributed by atoms with E-state index in [0.717, 1.165) is 0 Å². The van der Waals surface area contributed by atoms with Crippen molar-refractivity contribution in [1.82, 2.24) is 34.2 Å². The third-order valence-electron chi connectivity index (χ3n) is 7.30. The van der Waals surface area contributed by atoms with Crippen LogP contribution in [0.25, 0.3) is 16.9 Å². The summed E-state index contributed by atoms with van der Waals surface area (Å²) in [7, 11) is 3.45. The van der Waals surface area contributed by atoms with E-state index >= 15 is 0 Å². The zero-order valence-electron chi connectivity index (χ0n) is 23.5. The second-order valence-electron chi connectivity index (χ2n) is 10.4. The van der Waals surface area contributed by atoms with Gasteiger partial charge in [-0.25, -0.2) is 13.8 Å². The molecule has 0 radical (unpaired) electrons. The molecule has 4 heterocycles. The van der Waals surface area contributed by atoms with E-state index in [4.69, 9.17) is 4.74 Å². The summed E-state index contributed by atoms with van der Waals surface area (Å²) in [5.41, 5.74) is 0.925. The maximum Gasteiger partial charge on any atom is 0.296 e. The van der Waals surface area contributed by atoms with Gasteiger partial charge in [-0.3, -0.25) is 19.1 Å². The quantitative estimate of drug-likeness (QED) is 0.431. The molecule has 2 aliphatic heterocycles. The summed E-state index contributed by atoms with van der Waals surface area (Å²) in [6.45, 7) is 6.40. The summed E-state index contributed by atoms with van der Waals surface area (Å²) < 4.78 is 35.1. The number of aromatic nitrogens is 4. The number of piperazine rings is 1. The molecule has 2 amide bonds. The molecule has 2 fully saturated rings. The van der Waals surface area contributed by atoms with Crippen LogP contribution >= 0.6 is 0 Å². The fraction of sp³-hybridized carbons (Fsp3) is 0.519. The minimum atomic E-state index is -2.83. The third kappa shape index (κ3) is 6.38. The lowest BCUT2D eigenvalue weighted by atomic mass is 10.2. The summed E-state index contributed by atoms with van der Waals surface area (Å²) in [5, 5.41) is 3.11. The molecule has 0 spiro atoms. The Morgan fingerprint density at radius 2 is 1.68 bits per heavy atom. The molecule has 1 atom stereocenters. The molecule has 3 aromatic rings. The van der Waals surface area contributed by atoms with E-state index in [9.17, 15) is 18.4 Å². The molecule has 1 aromatic carbocycles. The van der Waals surface area contributed by atoms with Crippen molar-refractivity contribution in [2.24, 2.45) is 0 Å². The monoisotopic (exact) mass is 571 g/mol. The van der Waals surface area contributed by atoms with Crippen LogP contribution in [0.2, 0.25) is 0 Å². The van der Waals surface area contributed by atoms with Crippen LogP contribution in [0.4, 0.5) is 20.5 Å². The Bertz CT molecular complexity index is 1390. The van der Waals surface area contributed by atoms with Gasteiger partial charge in [-0.2, -0.15) is 9.97 Å². The molecular formula is C27H35F2N9O3. The molecule has 220 valence electrons. The van der Waals surface area contributed by atoms with Gasteiger partial charge in [0.1, 0.15) is 17.7 Å². The molecule has 2 aromatic heterocycles. The molecule has 1 N–H and O–H groups in total. The zero-order chi connectivity index (χ0) is 29.1. The summed E-state index contributed by atoms with van der Waals surface area (Å²) in [6, 6.07) is 7.89. The van der Waals surface area contributed by atoms with Gasteiger partial charge in [0.2, 0.25) is 17.8 Å². The van der Waals surface area contributed by atoms with Crippen LogP contribution in [0.5, 0.6) is 0 Å². The number of anilines is 2. The van der Waals surface area contributed by atoms with Gasteiger partial charge in [-0.05, 0) is 19.1 Å². The Hall–Kier alpha value is -3.91. The number of alkyl halides is 2. The number of carbonyl (C=O) groups excluding carboxylic acids is 2. The molecule has 5 rings (SSSR count). The fourth-order valence-electron chi connectivity index (χ4n) is 4.98. The Kier molecular flexibility index (Phi) is 8.59. The number of imidazole rings is 1. The first-order valence-corrected chi connectivity index (χ1v) is 13.7. The smallest absolute Gasteiger partial charge is 0.296 e. The van der Waals surface area contributed by atoms with Gasteiger partial charge in [0, 0.05) is 59.4 Å². The molecule has 0 aliphatic carbocycles. The zero-order valence-corrected chi connectivity index (χ0v) is 23.5. The predicted molar refractivity (Wildman–Crippen MR) is 149 cm³/mol. The first kappa shape index (κ1) is 28.6. The SMILES string of the molecule is C[C@H](Nc1nc(N2CCOCC2)cc(-n2c(C(F)F)nc3ccccc32)n1)C(=O)N1CCN(CC(=O)N(C)C)CC1. The number of para-hydroxylation sites is 2. The van der Waals surface area contributed by atoms with Gasteiger partial charge in [0.05, 0.1) is 30.8 Å². The van der Waals surface area contributed by atoms with Crippen molar-refractivity contribution in [3.8, 4) is 5.82 Å². The maximum absolute atomic E-state index is 14.1. The number of ether oxygens (including phenoxy) is 1. The minimum absolute atomic E-state index is 0.0218. The number of morpholine rings is 1. The Labute approximate surface area is 236 Å². The van der Waals surface area contributed by atoms with Crippen LogP contribution in [0.15, 0.2) is 30.3 Å². The van der Waals surface area contributed by atoms with Gasteiger partial charge in [0.25, 0.3) is 6.43 Å². The Morgan fingerprint density at radius 1 is 1.00 bits per heavy atom. The van der Waals surface area contributed by atoms with Gasteiger partial charge in [-0.1, -0.05) is 12.1 Å². The highest BCUT2D eigenvalue weighted by atomic mass is 19.3. The number of halogens is 2. The number of fused-ring (bicyclic) bond motifs is 1. The standard InChI is InChI=1S/C27H35F2N9O3/c1-18(26(40)37-10-8-35(9-11-37)17-23(39)34(2)3)30-27-32-21(36-12-14-41-15-13-36)16-22(33-27)38-20-7-5-4-6-19(20)31-25(38)24(28)29/h4-7,16,18,24H,8-15,17H2,1-3H3,(H,30,32,33)/t18-/m0/s1. The largest absolute Gasteiger partial charge is 0.378 e. The summed E-state index contributed by atoms with van der Waals surface area (Å²) in [6.07, 6.45) is -2.83. The van der Waals surface area contributed by atoms with E-state index in [1.165, 1.54) is 4.57 Å². The van der Waals surface area contributed by atoms with Crippen molar-refractivity contribution in [3.63, 3.8) is 0 Å². The van der Waals surface area contributed by atoms with E-state index in [2.05, 4.69) is 20.3 Å². The molecule has 0 bridgehead atoms. The minimum Gasteiger partial charge on any atom is -0.378 e. The molecule has 12 nitrogen and oxygen atoms in total. The first-order valence-electron chi connectivity index (χ1n) is 13.7. The highest BCUT2D eigenvalue weighted by Gasteiger charge is 2.28. The van der Waals surface area contributed by atoms with Crippen molar-refractivity contribution in [1.29, 1.82) is 0 Å². The van der Waals surface area contributed by atoms with Gasteiger partial charge < -0.3 is 24.8 Å². The number of rotatable bonds is 8. The normalized spacial score (nSPS) is 17.2. The average Bonchev–Trinajstić information content (AvgIpc) is 3.37. The van der Waals surface area contributed by atoms with Crippen LogP contribution in [0.1, 0.15) is 19.2 Å². The molecule has 0 saturated carbocycles. The molecule has 0 unspecified atom stereocenters. The first-order chi connectivity index (χ1) is 19.7.